The molecule has 0 bridgehead atoms. The van der Waals surface area contributed by atoms with Gasteiger partial charge in [-0.25, -0.2) is 4.79 Å². The van der Waals surface area contributed by atoms with Crippen LogP contribution in [0.5, 0.6) is 0 Å². The molecule has 0 saturated carbocycles. The molecule has 0 spiro atoms. The van der Waals surface area contributed by atoms with E-state index in [2.05, 4.69) is 0 Å². The Kier molecular flexibility index (Phi) is 5.81. The molecular formula is C24H17NO3S2. The SMILES string of the molecule is CC(=C=O)c1ccccc1-c1ccc(/C=C2/SC(=S)N(Cc3ccccc3)C2=O)o1. The van der Waals surface area contributed by atoms with E-state index >= 15 is 0 Å². The van der Waals surface area contributed by atoms with Gasteiger partial charge >= 0.3 is 0 Å². The van der Waals surface area contributed by atoms with Gasteiger partial charge in [-0.15, -0.1) is 0 Å². The molecule has 1 aromatic heterocycles. The zero-order valence-electron chi connectivity index (χ0n) is 16.1. The predicted octanol–water partition coefficient (Wildman–Crippen LogP) is 5.58. The lowest BCUT2D eigenvalue weighted by Crippen LogP contribution is -2.27. The summed E-state index contributed by atoms with van der Waals surface area (Å²) in [6.45, 7) is 2.16. The molecule has 4 nitrogen and oxygen atoms in total. The smallest absolute Gasteiger partial charge is 0.266 e. The highest BCUT2D eigenvalue weighted by Crippen LogP contribution is 2.35. The summed E-state index contributed by atoms with van der Waals surface area (Å²) in [7, 11) is 0. The van der Waals surface area contributed by atoms with Crippen LogP contribution in [-0.4, -0.2) is 21.1 Å². The van der Waals surface area contributed by atoms with Crippen molar-refractivity contribution in [2.24, 2.45) is 0 Å². The van der Waals surface area contributed by atoms with Crippen LogP contribution in [0.3, 0.4) is 0 Å². The Morgan fingerprint density at radius 3 is 2.60 bits per heavy atom. The normalized spacial score (nSPS) is 15.0. The maximum Gasteiger partial charge on any atom is 0.266 e. The summed E-state index contributed by atoms with van der Waals surface area (Å²) in [6.07, 6.45) is 1.71. The first-order chi connectivity index (χ1) is 14.6. The molecule has 1 aliphatic rings. The van der Waals surface area contributed by atoms with Gasteiger partial charge in [0, 0.05) is 17.2 Å². The van der Waals surface area contributed by atoms with Gasteiger partial charge < -0.3 is 4.42 Å². The van der Waals surface area contributed by atoms with E-state index in [4.69, 9.17) is 16.6 Å². The number of thioether (sulfide) groups is 1. The largest absolute Gasteiger partial charge is 0.457 e. The van der Waals surface area contributed by atoms with Crippen LogP contribution in [-0.2, 0) is 16.1 Å². The lowest BCUT2D eigenvalue weighted by atomic mass is 10.0. The van der Waals surface area contributed by atoms with E-state index in [0.717, 1.165) is 16.7 Å². The van der Waals surface area contributed by atoms with Crippen molar-refractivity contribution < 1.29 is 14.0 Å². The van der Waals surface area contributed by atoms with Crippen LogP contribution in [0.2, 0.25) is 0 Å². The van der Waals surface area contributed by atoms with E-state index in [1.54, 1.807) is 24.0 Å². The number of rotatable bonds is 5. The summed E-state index contributed by atoms with van der Waals surface area (Å²) in [5, 5.41) is 0. The maximum atomic E-state index is 12.8. The van der Waals surface area contributed by atoms with Gasteiger partial charge in [-0.3, -0.25) is 9.69 Å². The van der Waals surface area contributed by atoms with Crippen LogP contribution in [0.25, 0.3) is 23.0 Å². The maximum absolute atomic E-state index is 12.8. The fraction of sp³-hybridized carbons (Fsp3) is 0.0833. The third kappa shape index (κ3) is 4.07. The second-order valence-electron chi connectivity index (χ2n) is 6.73. The third-order valence-electron chi connectivity index (χ3n) is 4.71. The highest BCUT2D eigenvalue weighted by atomic mass is 32.2. The van der Waals surface area contributed by atoms with E-state index in [0.29, 0.717) is 32.9 Å². The predicted molar refractivity (Wildman–Crippen MR) is 124 cm³/mol. The number of benzene rings is 2. The average Bonchev–Trinajstić information content (AvgIpc) is 3.34. The lowest BCUT2D eigenvalue weighted by molar-refractivity contribution is -0.122. The van der Waals surface area contributed by atoms with Gasteiger partial charge in [-0.05, 0) is 30.2 Å². The monoisotopic (exact) mass is 431 g/mol. The number of hydrogen-bond donors (Lipinski definition) is 0. The van der Waals surface area contributed by atoms with Crippen LogP contribution in [0.15, 0.2) is 76.1 Å². The van der Waals surface area contributed by atoms with Crippen molar-refractivity contribution in [1.29, 1.82) is 0 Å². The number of thiocarbonyl (C=S) groups is 1. The highest BCUT2D eigenvalue weighted by Gasteiger charge is 2.32. The van der Waals surface area contributed by atoms with Gasteiger partial charge in [-0.2, -0.15) is 0 Å². The molecular weight excluding hydrogens is 414 g/mol. The van der Waals surface area contributed by atoms with Crippen LogP contribution in [0.1, 0.15) is 23.8 Å². The number of amides is 1. The van der Waals surface area contributed by atoms with Gasteiger partial charge in [0.2, 0.25) is 0 Å². The topological polar surface area (TPSA) is 50.5 Å². The van der Waals surface area contributed by atoms with Gasteiger partial charge in [0.1, 0.15) is 21.8 Å². The van der Waals surface area contributed by atoms with Crippen molar-refractivity contribution in [2.75, 3.05) is 0 Å². The van der Waals surface area contributed by atoms with Gasteiger partial charge in [0.25, 0.3) is 5.91 Å². The number of carbonyl (C=O) groups is 1. The fourth-order valence-electron chi connectivity index (χ4n) is 3.19. The van der Waals surface area contributed by atoms with Crippen molar-refractivity contribution in [3.63, 3.8) is 0 Å². The summed E-state index contributed by atoms with van der Waals surface area (Å²) >= 11 is 6.67. The van der Waals surface area contributed by atoms with Gasteiger partial charge in [-0.1, -0.05) is 78.6 Å². The molecule has 0 radical (unpaired) electrons. The molecule has 2 aromatic carbocycles. The number of furan rings is 1. The number of carbonyl (C=O) groups excluding carboxylic acids is 2. The molecule has 0 atom stereocenters. The van der Waals surface area contributed by atoms with E-state index in [-0.39, 0.29) is 5.91 Å². The summed E-state index contributed by atoms with van der Waals surface area (Å²) in [5.74, 6) is 2.97. The van der Waals surface area contributed by atoms with Crippen LogP contribution in [0, 0.1) is 0 Å². The van der Waals surface area contributed by atoms with E-state index < -0.39 is 0 Å². The minimum absolute atomic E-state index is 0.132. The Morgan fingerprint density at radius 1 is 1.10 bits per heavy atom. The molecule has 1 aliphatic heterocycles. The second kappa shape index (κ2) is 8.67. The Bertz CT molecular complexity index is 1200. The van der Waals surface area contributed by atoms with Crippen molar-refractivity contribution >= 4 is 51.8 Å². The summed E-state index contributed by atoms with van der Waals surface area (Å²) in [6, 6.07) is 20.9. The molecule has 1 fully saturated rings. The Balaban J connectivity index is 1.59. The first-order valence-electron chi connectivity index (χ1n) is 9.27. The number of allylic oxidation sites excluding steroid dienone is 1. The first kappa shape index (κ1) is 20.1. The fourth-order valence-corrected chi connectivity index (χ4v) is 4.42. The molecule has 1 saturated heterocycles. The summed E-state index contributed by atoms with van der Waals surface area (Å²) in [5.41, 5.74) is 3.09. The zero-order chi connectivity index (χ0) is 21.1. The lowest BCUT2D eigenvalue weighted by Gasteiger charge is -2.14. The Hall–Kier alpha value is -3.18. The molecule has 30 heavy (non-hydrogen) atoms. The van der Waals surface area contributed by atoms with E-state index in [9.17, 15) is 9.59 Å². The molecule has 2 heterocycles. The molecule has 3 aromatic rings. The second-order valence-corrected chi connectivity index (χ2v) is 8.40. The van der Waals surface area contributed by atoms with E-state index in [1.165, 1.54) is 11.8 Å². The van der Waals surface area contributed by atoms with Crippen LogP contribution >= 0.6 is 24.0 Å². The quantitative estimate of drug-likeness (QED) is 0.300. The van der Waals surface area contributed by atoms with Gasteiger partial charge in [0.15, 0.2) is 0 Å². The number of nitrogens with zero attached hydrogens (tertiary/aromatic N) is 1. The molecule has 1 amide bonds. The summed E-state index contributed by atoms with van der Waals surface area (Å²) in [4.78, 5) is 26.1. The molecule has 6 heteroatoms. The zero-order valence-corrected chi connectivity index (χ0v) is 17.8. The molecule has 0 unspecified atom stereocenters. The van der Waals surface area contributed by atoms with Crippen molar-refractivity contribution in [2.45, 2.75) is 13.5 Å². The van der Waals surface area contributed by atoms with Crippen molar-refractivity contribution in [1.82, 2.24) is 4.90 Å². The molecule has 0 N–H and O–H groups in total. The van der Waals surface area contributed by atoms with Crippen LogP contribution in [0.4, 0.5) is 0 Å². The van der Waals surface area contributed by atoms with Gasteiger partial charge in [0.05, 0.1) is 11.4 Å². The molecule has 0 aliphatic carbocycles. The third-order valence-corrected chi connectivity index (χ3v) is 6.08. The highest BCUT2D eigenvalue weighted by molar-refractivity contribution is 8.26. The standard InChI is InChI=1S/C24H17NO3S2/c1-16(15-26)19-9-5-6-10-20(19)21-12-11-18(28-21)13-22-23(27)25(24(29)30-22)14-17-7-3-2-4-8-17/h2-13H,14H2,1H3/b22-13+. The first-order valence-corrected chi connectivity index (χ1v) is 10.5. The minimum atomic E-state index is -0.132. The minimum Gasteiger partial charge on any atom is -0.457 e. The van der Waals surface area contributed by atoms with Crippen molar-refractivity contribution in [3.8, 4) is 11.3 Å². The Morgan fingerprint density at radius 2 is 1.83 bits per heavy atom. The van der Waals surface area contributed by atoms with Crippen LogP contribution < -0.4 is 0 Å². The average molecular weight is 432 g/mol. The summed E-state index contributed by atoms with van der Waals surface area (Å²) < 4.78 is 6.48. The van der Waals surface area contributed by atoms with Crippen molar-refractivity contribution in [3.05, 3.63) is 88.5 Å². The Labute approximate surface area is 183 Å². The molecule has 148 valence electrons. The number of hydrogen-bond acceptors (Lipinski definition) is 5. The molecule has 4 rings (SSSR count). The van der Waals surface area contributed by atoms with E-state index in [1.807, 2.05) is 66.6 Å².